The fraction of sp³-hybridized carbons (Fsp3) is 0.160. The molecule has 0 amide bonds. The standard InChI is InChI=1S/C25H22O7/c1-13(14-4-8-16(26)9-5-14)20-19(31-3)12-18(27)21-22(28)23(29)24(32-25(20)21)15-6-10-17(30-2)11-7-15/h4-13,26-27,29H,1-3H3. The topological polar surface area (TPSA) is 109 Å². The van der Waals surface area contributed by atoms with Crippen LogP contribution in [0.1, 0.15) is 24.0 Å². The summed E-state index contributed by atoms with van der Waals surface area (Å²) in [6.45, 7) is 1.89. The number of fused-ring (bicyclic) bond motifs is 1. The predicted molar refractivity (Wildman–Crippen MR) is 120 cm³/mol. The molecule has 0 aliphatic heterocycles. The van der Waals surface area contributed by atoms with E-state index in [1.54, 1.807) is 48.5 Å². The molecule has 0 aliphatic carbocycles. The molecule has 32 heavy (non-hydrogen) atoms. The summed E-state index contributed by atoms with van der Waals surface area (Å²) >= 11 is 0. The summed E-state index contributed by atoms with van der Waals surface area (Å²) in [7, 11) is 2.99. The van der Waals surface area contributed by atoms with Crippen LogP contribution in [0.4, 0.5) is 0 Å². The third-order valence-corrected chi connectivity index (χ3v) is 5.52. The van der Waals surface area contributed by atoms with Crippen LogP contribution in [0.25, 0.3) is 22.3 Å². The van der Waals surface area contributed by atoms with E-state index in [-0.39, 0.29) is 34.1 Å². The lowest BCUT2D eigenvalue weighted by Crippen LogP contribution is -2.08. The third-order valence-electron chi connectivity index (χ3n) is 5.52. The van der Waals surface area contributed by atoms with Crippen molar-refractivity contribution >= 4 is 11.0 Å². The van der Waals surface area contributed by atoms with Gasteiger partial charge in [0.2, 0.25) is 11.2 Å². The number of hydrogen-bond acceptors (Lipinski definition) is 7. The van der Waals surface area contributed by atoms with Gasteiger partial charge in [0.1, 0.15) is 34.0 Å². The highest BCUT2D eigenvalue weighted by Crippen LogP contribution is 2.43. The number of phenolic OH excluding ortho intramolecular Hbond substituents is 2. The highest BCUT2D eigenvalue weighted by Gasteiger charge is 2.26. The Labute approximate surface area is 183 Å². The van der Waals surface area contributed by atoms with Gasteiger partial charge in [0.25, 0.3) is 0 Å². The van der Waals surface area contributed by atoms with Crippen molar-refractivity contribution in [1.29, 1.82) is 0 Å². The Morgan fingerprint density at radius 1 is 0.906 bits per heavy atom. The molecular formula is C25H22O7. The maximum absolute atomic E-state index is 13.1. The van der Waals surface area contributed by atoms with Gasteiger partial charge in [-0.1, -0.05) is 19.1 Å². The molecule has 3 aromatic carbocycles. The van der Waals surface area contributed by atoms with Crippen LogP contribution in [-0.4, -0.2) is 29.5 Å². The molecule has 0 spiro atoms. The molecule has 164 valence electrons. The second kappa shape index (κ2) is 8.19. The molecule has 0 saturated heterocycles. The van der Waals surface area contributed by atoms with Gasteiger partial charge in [-0.05, 0) is 42.0 Å². The summed E-state index contributed by atoms with van der Waals surface area (Å²) < 4.78 is 16.7. The van der Waals surface area contributed by atoms with E-state index in [1.165, 1.54) is 20.3 Å². The van der Waals surface area contributed by atoms with Crippen molar-refractivity contribution in [2.75, 3.05) is 14.2 Å². The van der Waals surface area contributed by atoms with Crippen LogP contribution in [0, 0.1) is 0 Å². The van der Waals surface area contributed by atoms with E-state index in [4.69, 9.17) is 13.9 Å². The lowest BCUT2D eigenvalue weighted by atomic mass is 9.90. The first-order valence-electron chi connectivity index (χ1n) is 9.88. The van der Waals surface area contributed by atoms with Crippen molar-refractivity contribution in [3.8, 4) is 40.1 Å². The molecule has 4 rings (SSSR count). The lowest BCUT2D eigenvalue weighted by molar-refractivity contribution is 0.400. The summed E-state index contributed by atoms with van der Waals surface area (Å²) in [6.07, 6.45) is 0. The van der Waals surface area contributed by atoms with Gasteiger partial charge in [0.15, 0.2) is 5.76 Å². The van der Waals surface area contributed by atoms with Crippen molar-refractivity contribution in [1.82, 2.24) is 0 Å². The number of ether oxygens (including phenoxy) is 2. The highest BCUT2D eigenvalue weighted by molar-refractivity contribution is 5.91. The average molecular weight is 434 g/mol. The van der Waals surface area contributed by atoms with Gasteiger partial charge in [-0.3, -0.25) is 4.79 Å². The Morgan fingerprint density at radius 3 is 2.16 bits per heavy atom. The van der Waals surface area contributed by atoms with Crippen LogP contribution < -0.4 is 14.9 Å². The molecule has 4 aromatic rings. The minimum atomic E-state index is -0.753. The first-order valence-corrected chi connectivity index (χ1v) is 9.88. The van der Waals surface area contributed by atoms with Crippen molar-refractivity contribution in [3.05, 3.63) is 75.9 Å². The number of aromatic hydroxyl groups is 3. The lowest BCUT2D eigenvalue weighted by Gasteiger charge is -2.19. The van der Waals surface area contributed by atoms with Crippen molar-refractivity contribution in [2.24, 2.45) is 0 Å². The maximum Gasteiger partial charge on any atom is 0.238 e. The summed E-state index contributed by atoms with van der Waals surface area (Å²) in [5.41, 5.74) is 1.17. The number of benzene rings is 3. The first-order chi connectivity index (χ1) is 15.3. The molecule has 3 N–H and O–H groups in total. The Kier molecular flexibility index (Phi) is 5.40. The van der Waals surface area contributed by atoms with Crippen LogP contribution in [0.3, 0.4) is 0 Å². The zero-order valence-corrected chi connectivity index (χ0v) is 17.7. The quantitative estimate of drug-likeness (QED) is 0.416. The van der Waals surface area contributed by atoms with E-state index in [0.29, 0.717) is 22.6 Å². The van der Waals surface area contributed by atoms with Gasteiger partial charge < -0.3 is 29.2 Å². The zero-order valence-electron chi connectivity index (χ0n) is 17.7. The monoisotopic (exact) mass is 434 g/mol. The summed E-state index contributed by atoms with van der Waals surface area (Å²) in [4.78, 5) is 13.1. The van der Waals surface area contributed by atoms with E-state index in [1.807, 2.05) is 6.92 Å². The normalized spacial score (nSPS) is 12.0. The smallest absolute Gasteiger partial charge is 0.238 e. The van der Waals surface area contributed by atoms with Crippen LogP contribution in [0.2, 0.25) is 0 Å². The van der Waals surface area contributed by atoms with E-state index >= 15 is 0 Å². The molecule has 7 heteroatoms. The highest BCUT2D eigenvalue weighted by atomic mass is 16.5. The molecular weight excluding hydrogens is 412 g/mol. The average Bonchev–Trinajstić information content (AvgIpc) is 2.81. The summed E-state index contributed by atoms with van der Waals surface area (Å²) in [6, 6.07) is 14.6. The molecule has 0 aliphatic rings. The Bertz CT molecular complexity index is 1340. The van der Waals surface area contributed by atoms with E-state index in [2.05, 4.69) is 0 Å². The number of hydrogen-bond donors (Lipinski definition) is 3. The van der Waals surface area contributed by atoms with Crippen LogP contribution in [-0.2, 0) is 0 Å². The van der Waals surface area contributed by atoms with Crippen LogP contribution in [0.15, 0.2) is 63.8 Å². The number of methoxy groups -OCH3 is 2. The molecule has 1 heterocycles. The fourth-order valence-electron chi connectivity index (χ4n) is 3.78. The van der Waals surface area contributed by atoms with Gasteiger partial charge in [-0.15, -0.1) is 0 Å². The molecule has 0 fully saturated rings. The minimum Gasteiger partial charge on any atom is -0.508 e. The fourth-order valence-corrected chi connectivity index (χ4v) is 3.78. The third kappa shape index (κ3) is 3.47. The van der Waals surface area contributed by atoms with Crippen LogP contribution in [0.5, 0.6) is 28.7 Å². The van der Waals surface area contributed by atoms with Crippen molar-refractivity contribution in [3.63, 3.8) is 0 Å². The molecule has 1 unspecified atom stereocenters. The SMILES string of the molecule is COc1ccc(-c2oc3c(C(C)c4ccc(O)cc4)c(OC)cc(O)c3c(=O)c2O)cc1. The minimum absolute atomic E-state index is 0.0306. The molecule has 7 nitrogen and oxygen atoms in total. The molecule has 0 radical (unpaired) electrons. The van der Waals surface area contributed by atoms with Gasteiger partial charge in [0, 0.05) is 23.1 Å². The van der Waals surface area contributed by atoms with Crippen LogP contribution >= 0.6 is 0 Å². The van der Waals surface area contributed by atoms with Gasteiger partial charge >= 0.3 is 0 Å². The summed E-state index contributed by atoms with van der Waals surface area (Å²) in [5, 5.41) is 30.6. The number of phenols is 2. The van der Waals surface area contributed by atoms with E-state index in [9.17, 15) is 20.1 Å². The zero-order chi connectivity index (χ0) is 23.0. The molecule has 1 aromatic heterocycles. The Morgan fingerprint density at radius 2 is 1.56 bits per heavy atom. The largest absolute Gasteiger partial charge is 0.508 e. The molecule has 0 saturated carbocycles. The number of rotatable bonds is 5. The van der Waals surface area contributed by atoms with Crippen molar-refractivity contribution in [2.45, 2.75) is 12.8 Å². The molecule has 1 atom stereocenters. The molecule has 0 bridgehead atoms. The van der Waals surface area contributed by atoms with E-state index < -0.39 is 11.2 Å². The van der Waals surface area contributed by atoms with Gasteiger partial charge in [-0.2, -0.15) is 0 Å². The van der Waals surface area contributed by atoms with Gasteiger partial charge in [0.05, 0.1) is 14.2 Å². The summed E-state index contributed by atoms with van der Waals surface area (Å²) in [5.74, 6) is -0.263. The Hall–Kier alpha value is -4.13. The first kappa shape index (κ1) is 21.1. The predicted octanol–water partition coefficient (Wildman–Crippen LogP) is 4.75. The van der Waals surface area contributed by atoms with E-state index in [0.717, 1.165) is 5.56 Å². The Balaban J connectivity index is 2.04. The second-order valence-corrected chi connectivity index (χ2v) is 7.37. The second-order valence-electron chi connectivity index (χ2n) is 7.37. The van der Waals surface area contributed by atoms with Gasteiger partial charge in [-0.25, -0.2) is 0 Å². The van der Waals surface area contributed by atoms with Crippen molar-refractivity contribution < 1.29 is 29.2 Å². The maximum atomic E-state index is 13.1.